The number of thiocarbonyl (C=S) groups is 3. The van der Waals surface area contributed by atoms with Crippen molar-refractivity contribution >= 4 is 52.0 Å². The van der Waals surface area contributed by atoms with Gasteiger partial charge in [0.15, 0.2) is 0 Å². The summed E-state index contributed by atoms with van der Waals surface area (Å²) in [5.41, 5.74) is 23.6. The van der Waals surface area contributed by atoms with Gasteiger partial charge < -0.3 is 34.4 Å². The van der Waals surface area contributed by atoms with Crippen LogP contribution in [0.5, 0.6) is 0 Å². The summed E-state index contributed by atoms with van der Waals surface area (Å²) in [5.74, 6) is 0. The maximum atomic E-state index is 4.73. The number of rotatable bonds is 0. The number of hydrogen-bond acceptors (Lipinski definition) is 3. The summed E-state index contributed by atoms with van der Waals surface area (Å²) < 4.78 is 0. The average Bonchev–Trinajstić information content (AvgIpc) is 1.54. The van der Waals surface area contributed by atoms with Gasteiger partial charge >= 0.3 is 0 Å². The Morgan fingerprint density at radius 2 is 0.667 bits per heavy atom. The van der Waals surface area contributed by atoms with E-state index in [1.807, 2.05) is 0 Å². The highest BCUT2D eigenvalue weighted by Crippen LogP contribution is 1.28. The summed E-state index contributed by atoms with van der Waals surface area (Å²) in [4.78, 5) is 0. The van der Waals surface area contributed by atoms with E-state index in [2.05, 4.69) is 53.9 Å². The van der Waals surface area contributed by atoms with Gasteiger partial charge in [-0.3, -0.25) is 0 Å². The zero-order valence-corrected chi connectivity index (χ0v) is 9.03. The molecule has 0 aliphatic heterocycles. The average molecular weight is 231 g/mol. The van der Waals surface area contributed by atoms with Crippen LogP contribution in [0.25, 0.3) is 0 Å². The number of quaternary nitrogens is 3. The lowest BCUT2D eigenvalue weighted by Crippen LogP contribution is -2.60. The lowest BCUT2D eigenvalue weighted by molar-refractivity contribution is -0.211. The molecule has 0 aromatic carbocycles. The fourth-order valence-corrected chi connectivity index (χ4v) is 0. The van der Waals surface area contributed by atoms with E-state index < -0.39 is 0 Å². The van der Waals surface area contributed by atoms with Crippen molar-refractivity contribution in [3.8, 4) is 0 Å². The molecule has 72 valence electrons. The summed E-state index contributed by atoms with van der Waals surface area (Å²) in [6, 6.07) is 0. The van der Waals surface area contributed by atoms with Crippen molar-refractivity contribution in [2.24, 2.45) is 17.2 Å². The molecule has 0 fully saturated rings. The highest BCUT2D eigenvalue weighted by Gasteiger charge is 1.62. The molecule has 0 aromatic heterocycles. The van der Waals surface area contributed by atoms with Gasteiger partial charge in [0.25, 0.3) is 15.3 Å². The largest absolute Gasteiger partial charge is 0.345 e. The molecule has 0 radical (unpaired) electrons. The molecule has 9 heteroatoms. The van der Waals surface area contributed by atoms with Gasteiger partial charge in [0.05, 0.1) is 0 Å². The van der Waals surface area contributed by atoms with E-state index in [1.54, 1.807) is 0 Å². The Morgan fingerprint density at radius 1 is 0.667 bits per heavy atom. The Hall–Kier alpha value is -0.450. The first-order valence-electron chi connectivity index (χ1n) is 2.54. The van der Waals surface area contributed by atoms with Crippen molar-refractivity contribution in [2.45, 2.75) is 0 Å². The van der Waals surface area contributed by atoms with E-state index >= 15 is 0 Å². The highest BCUT2D eigenvalue weighted by molar-refractivity contribution is 7.80. The van der Waals surface area contributed by atoms with E-state index in [-0.39, 0.29) is 15.3 Å². The molecule has 0 rings (SSSR count). The molecule has 0 bridgehead atoms. The van der Waals surface area contributed by atoms with Crippen molar-refractivity contribution in [2.75, 3.05) is 0 Å². The number of nitrogens with two attached hydrogens (primary N) is 3. The van der Waals surface area contributed by atoms with E-state index in [0.29, 0.717) is 0 Å². The Kier molecular flexibility index (Phi) is 19.3. The third-order valence-electron chi connectivity index (χ3n) is 0. The summed E-state index contributed by atoms with van der Waals surface area (Å²) in [7, 11) is 0. The van der Waals surface area contributed by atoms with Gasteiger partial charge in [-0.05, 0) is 0 Å². The quantitative estimate of drug-likeness (QED) is 0.230. The predicted molar refractivity (Wildman–Crippen MR) is 59.0 cm³/mol. The van der Waals surface area contributed by atoms with Gasteiger partial charge in [-0.25, -0.2) is 0 Å². The molecular formula is C3H15N6S3+3. The first-order valence-corrected chi connectivity index (χ1v) is 3.76. The monoisotopic (exact) mass is 231 g/mol. The van der Waals surface area contributed by atoms with Crippen LogP contribution in [0, 0.1) is 0 Å². The van der Waals surface area contributed by atoms with E-state index in [9.17, 15) is 0 Å². The molecule has 6 nitrogen and oxygen atoms in total. The Labute approximate surface area is 86.6 Å². The normalized spacial score (nSPS) is 6.25. The minimum Gasteiger partial charge on any atom is -0.345 e. The summed E-state index contributed by atoms with van der Waals surface area (Å²) >= 11 is 12.6. The summed E-state index contributed by atoms with van der Waals surface area (Å²) in [5, 5.41) is 0.750. The fraction of sp³-hybridized carbons (Fsp3) is 0. The molecule has 0 spiro atoms. The number of hydrogen-bond donors (Lipinski definition) is 6. The standard InChI is InChI=1S/3CH4N2S/c3*2-1(3)4/h3*(H4,2,3,4)/p+3. The fourth-order valence-electron chi connectivity index (χ4n) is 0. The smallest absolute Gasteiger partial charge is 0.262 e. The lowest BCUT2D eigenvalue weighted by Gasteiger charge is -1.61. The Balaban J connectivity index is -0.000000101. The van der Waals surface area contributed by atoms with Crippen LogP contribution in [0.15, 0.2) is 0 Å². The van der Waals surface area contributed by atoms with Gasteiger partial charge in [-0.15, -0.1) is 0 Å². The zero-order chi connectivity index (χ0) is 10.7. The second kappa shape index (κ2) is 13.2. The van der Waals surface area contributed by atoms with Crippen molar-refractivity contribution in [3.05, 3.63) is 0 Å². The van der Waals surface area contributed by atoms with Crippen molar-refractivity contribution in [1.82, 2.24) is 0 Å². The minimum absolute atomic E-state index is 0.250. The van der Waals surface area contributed by atoms with Crippen LogP contribution in [-0.2, 0) is 0 Å². The van der Waals surface area contributed by atoms with Gasteiger partial charge in [0, 0.05) is 36.7 Å². The molecule has 0 amide bonds. The van der Waals surface area contributed by atoms with Crippen LogP contribution < -0.4 is 34.4 Å². The molecular weight excluding hydrogens is 216 g/mol. The van der Waals surface area contributed by atoms with E-state index in [4.69, 9.17) is 17.2 Å². The summed E-state index contributed by atoms with van der Waals surface area (Å²) in [6.45, 7) is 0. The topological polar surface area (TPSA) is 161 Å². The third kappa shape index (κ3) is 3450. The highest BCUT2D eigenvalue weighted by atomic mass is 32.1. The molecule has 12 heavy (non-hydrogen) atoms. The van der Waals surface area contributed by atoms with Crippen LogP contribution in [0.4, 0.5) is 0 Å². The van der Waals surface area contributed by atoms with Gasteiger partial charge in [0.2, 0.25) is 0 Å². The Morgan fingerprint density at radius 3 is 0.667 bits per heavy atom. The van der Waals surface area contributed by atoms with Gasteiger partial charge in [-0.2, -0.15) is 0 Å². The van der Waals surface area contributed by atoms with Gasteiger partial charge in [0.1, 0.15) is 0 Å². The van der Waals surface area contributed by atoms with Crippen LogP contribution in [0.2, 0.25) is 0 Å². The summed E-state index contributed by atoms with van der Waals surface area (Å²) in [6.07, 6.45) is 0. The molecule has 0 saturated carbocycles. The van der Waals surface area contributed by atoms with Crippen LogP contribution >= 0.6 is 36.7 Å². The van der Waals surface area contributed by atoms with Crippen molar-refractivity contribution in [3.63, 3.8) is 0 Å². The Bertz CT molecular complexity index is 116. The van der Waals surface area contributed by atoms with Crippen LogP contribution in [-0.4, -0.2) is 15.3 Å². The molecule has 0 aromatic rings. The first-order chi connectivity index (χ1) is 5.20. The first kappa shape index (κ1) is 17.6. The molecule has 0 atom stereocenters. The molecule has 0 unspecified atom stereocenters. The van der Waals surface area contributed by atoms with Crippen molar-refractivity contribution < 1.29 is 17.2 Å². The van der Waals surface area contributed by atoms with E-state index in [0.717, 1.165) is 0 Å². The van der Waals surface area contributed by atoms with Crippen LogP contribution in [0.1, 0.15) is 0 Å². The van der Waals surface area contributed by atoms with E-state index in [1.165, 1.54) is 0 Å². The van der Waals surface area contributed by atoms with Crippen LogP contribution in [0.3, 0.4) is 0 Å². The van der Waals surface area contributed by atoms with Crippen molar-refractivity contribution in [1.29, 1.82) is 0 Å². The molecule has 0 aliphatic rings. The minimum atomic E-state index is 0.250. The second-order valence-electron chi connectivity index (χ2n) is 1.40. The van der Waals surface area contributed by atoms with Gasteiger partial charge in [-0.1, -0.05) is 0 Å². The maximum absolute atomic E-state index is 4.73. The zero-order valence-electron chi connectivity index (χ0n) is 6.58. The molecule has 15 N–H and O–H groups in total. The molecule has 0 saturated heterocycles. The lowest BCUT2D eigenvalue weighted by atomic mass is 11.3. The SMILES string of the molecule is NC([NH3+])=S.NC([NH3+])=S.NC([NH3+])=S. The molecule has 0 heterocycles. The maximum Gasteiger partial charge on any atom is 0.262 e. The molecule has 0 aliphatic carbocycles. The third-order valence-corrected chi connectivity index (χ3v) is 0. The predicted octanol–water partition coefficient (Wildman–Crippen LogP) is -4.58. The second-order valence-corrected chi connectivity index (χ2v) is 2.97.